The molecule has 7 nitrogen and oxygen atoms in total. The first-order chi connectivity index (χ1) is 13.1. The van der Waals surface area contributed by atoms with Gasteiger partial charge in [0.25, 0.3) is 0 Å². The van der Waals surface area contributed by atoms with Crippen molar-refractivity contribution in [2.75, 3.05) is 23.7 Å². The van der Waals surface area contributed by atoms with Gasteiger partial charge in [0.1, 0.15) is 5.82 Å². The lowest BCUT2D eigenvalue weighted by Crippen LogP contribution is -2.36. The molecule has 1 aliphatic heterocycles. The number of nitrogens with zero attached hydrogens (tertiary/aromatic N) is 5. The molecule has 1 saturated carbocycles. The normalized spacial score (nSPS) is 27.9. The first-order valence-electron chi connectivity index (χ1n) is 9.54. The molecule has 0 radical (unpaired) electrons. The number of aliphatic hydroxyl groups is 1. The van der Waals surface area contributed by atoms with E-state index in [2.05, 4.69) is 30.5 Å². The number of rotatable bonds is 2. The standard InChI is InChI=1S/C20H24N6O/c1-12-8-22-20(24-19(12)21)25-9-13-6-17(18(27)7-14(13)10-25)26-11-23-15-4-2-3-5-16(15)26/h2-5,8,11,13-14,17-18,27H,6-7,9-10H2,1H3,(H2,21,22,24)/t13-,14+,17-,18-/m1/s1. The molecule has 4 atom stereocenters. The molecule has 0 amide bonds. The molecule has 2 aliphatic rings. The smallest absolute Gasteiger partial charge is 0.227 e. The molecular formula is C20H24N6O. The molecule has 3 heterocycles. The van der Waals surface area contributed by atoms with E-state index in [0.29, 0.717) is 23.6 Å². The van der Waals surface area contributed by atoms with Crippen LogP contribution in [-0.2, 0) is 0 Å². The predicted molar refractivity (Wildman–Crippen MR) is 104 cm³/mol. The van der Waals surface area contributed by atoms with Crippen molar-refractivity contribution in [1.82, 2.24) is 19.5 Å². The Bertz CT molecular complexity index is 986. The molecule has 3 N–H and O–H groups in total. The van der Waals surface area contributed by atoms with E-state index >= 15 is 0 Å². The molecule has 7 heteroatoms. The minimum Gasteiger partial charge on any atom is -0.391 e. The third-order valence-corrected chi connectivity index (χ3v) is 6.23. The third-order valence-electron chi connectivity index (χ3n) is 6.23. The van der Waals surface area contributed by atoms with Crippen molar-refractivity contribution < 1.29 is 5.11 Å². The van der Waals surface area contributed by atoms with Gasteiger partial charge in [-0.3, -0.25) is 0 Å². The van der Waals surface area contributed by atoms with Crippen LogP contribution in [0, 0.1) is 18.8 Å². The zero-order chi connectivity index (χ0) is 18.5. The number of hydrogen-bond donors (Lipinski definition) is 2. The van der Waals surface area contributed by atoms with E-state index in [1.54, 1.807) is 6.20 Å². The van der Waals surface area contributed by atoms with Crippen molar-refractivity contribution in [1.29, 1.82) is 0 Å². The van der Waals surface area contributed by atoms with Crippen molar-refractivity contribution in [3.63, 3.8) is 0 Å². The maximum absolute atomic E-state index is 10.9. The lowest BCUT2D eigenvalue weighted by molar-refractivity contribution is 0.0375. The highest BCUT2D eigenvalue weighted by Gasteiger charge is 2.43. The number of aromatic nitrogens is 4. The van der Waals surface area contributed by atoms with E-state index < -0.39 is 0 Å². The molecule has 3 aromatic rings. The van der Waals surface area contributed by atoms with Crippen molar-refractivity contribution in [2.45, 2.75) is 31.9 Å². The maximum atomic E-state index is 10.9. The Balaban J connectivity index is 1.39. The summed E-state index contributed by atoms with van der Waals surface area (Å²) in [5, 5.41) is 10.9. The van der Waals surface area contributed by atoms with E-state index in [1.165, 1.54) is 0 Å². The van der Waals surface area contributed by atoms with Gasteiger partial charge in [0, 0.05) is 24.8 Å². The summed E-state index contributed by atoms with van der Waals surface area (Å²) in [6, 6.07) is 8.16. The van der Waals surface area contributed by atoms with Gasteiger partial charge >= 0.3 is 0 Å². The largest absolute Gasteiger partial charge is 0.391 e. The first kappa shape index (κ1) is 16.5. The van der Waals surface area contributed by atoms with Crippen LogP contribution in [0.3, 0.4) is 0 Å². The Morgan fingerprint density at radius 3 is 2.70 bits per heavy atom. The second-order valence-electron chi connectivity index (χ2n) is 7.91. The molecule has 2 aromatic heterocycles. The fourth-order valence-corrected chi connectivity index (χ4v) is 4.71. The second-order valence-corrected chi connectivity index (χ2v) is 7.91. The zero-order valence-corrected chi connectivity index (χ0v) is 15.4. The van der Waals surface area contributed by atoms with Crippen LogP contribution in [0.5, 0.6) is 0 Å². The maximum Gasteiger partial charge on any atom is 0.227 e. The van der Waals surface area contributed by atoms with Gasteiger partial charge in [0.2, 0.25) is 5.95 Å². The molecule has 2 fully saturated rings. The van der Waals surface area contributed by atoms with Crippen LogP contribution in [0.1, 0.15) is 24.4 Å². The highest BCUT2D eigenvalue weighted by Crippen LogP contribution is 2.42. The Morgan fingerprint density at radius 1 is 1.11 bits per heavy atom. The van der Waals surface area contributed by atoms with Gasteiger partial charge in [-0.15, -0.1) is 0 Å². The van der Waals surface area contributed by atoms with Crippen molar-refractivity contribution in [2.24, 2.45) is 11.8 Å². The summed E-state index contributed by atoms with van der Waals surface area (Å²) in [4.78, 5) is 15.6. The number of nitrogen functional groups attached to an aromatic ring is 1. The summed E-state index contributed by atoms with van der Waals surface area (Å²) >= 11 is 0. The van der Waals surface area contributed by atoms with E-state index in [0.717, 1.165) is 42.5 Å². The number of fused-ring (bicyclic) bond motifs is 2. The molecule has 1 saturated heterocycles. The van der Waals surface area contributed by atoms with Gasteiger partial charge in [0.15, 0.2) is 0 Å². The van der Waals surface area contributed by atoms with Crippen LogP contribution >= 0.6 is 0 Å². The Morgan fingerprint density at radius 2 is 1.89 bits per heavy atom. The van der Waals surface area contributed by atoms with Crippen molar-refractivity contribution in [3.8, 4) is 0 Å². The number of hydrogen-bond acceptors (Lipinski definition) is 6. The summed E-state index contributed by atoms with van der Waals surface area (Å²) in [5.41, 5.74) is 8.93. The van der Waals surface area contributed by atoms with Crippen molar-refractivity contribution >= 4 is 22.8 Å². The first-order valence-corrected chi connectivity index (χ1v) is 9.54. The van der Waals surface area contributed by atoms with Gasteiger partial charge < -0.3 is 20.3 Å². The fourth-order valence-electron chi connectivity index (χ4n) is 4.71. The van der Waals surface area contributed by atoms with E-state index in [1.807, 2.05) is 31.5 Å². The molecule has 1 aromatic carbocycles. The van der Waals surface area contributed by atoms with Gasteiger partial charge in [-0.2, -0.15) is 4.98 Å². The third kappa shape index (κ3) is 2.73. The number of para-hydroxylation sites is 2. The highest BCUT2D eigenvalue weighted by molar-refractivity contribution is 5.75. The monoisotopic (exact) mass is 364 g/mol. The van der Waals surface area contributed by atoms with E-state index in [4.69, 9.17) is 5.73 Å². The fraction of sp³-hybridized carbons (Fsp3) is 0.450. The lowest BCUT2D eigenvalue weighted by atomic mass is 9.77. The molecule has 0 unspecified atom stereocenters. The molecule has 0 spiro atoms. The summed E-state index contributed by atoms with van der Waals surface area (Å²) in [6.07, 6.45) is 5.02. The summed E-state index contributed by atoms with van der Waals surface area (Å²) in [5.74, 6) is 2.20. The molecule has 0 bridgehead atoms. The van der Waals surface area contributed by atoms with Gasteiger partial charge in [-0.1, -0.05) is 12.1 Å². The minimum atomic E-state index is -0.368. The van der Waals surface area contributed by atoms with Crippen LogP contribution in [0.4, 0.5) is 11.8 Å². The van der Waals surface area contributed by atoms with Gasteiger partial charge in [-0.25, -0.2) is 9.97 Å². The topological polar surface area (TPSA) is 93.1 Å². The number of aryl methyl sites for hydroxylation is 1. The summed E-state index contributed by atoms with van der Waals surface area (Å²) in [6.45, 7) is 3.70. The number of anilines is 2. The Hall–Kier alpha value is -2.67. The van der Waals surface area contributed by atoms with E-state index in [9.17, 15) is 5.11 Å². The van der Waals surface area contributed by atoms with Crippen LogP contribution < -0.4 is 10.6 Å². The average molecular weight is 364 g/mol. The number of nitrogens with two attached hydrogens (primary N) is 1. The van der Waals surface area contributed by atoms with Crippen LogP contribution in [0.15, 0.2) is 36.8 Å². The quantitative estimate of drug-likeness (QED) is 0.724. The van der Waals surface area contributed by atoms with Crippen LogP contribution in [-0.4, -0.2) is 43.8 Å². The SMILES string of the molecule is Cc1cnc(N2C[C@H]3C[C@@H](n4cnc5ccccc54)[C@H](O)C[C@H]3C2)nc1N. The summed E-state index contributed by atoms with van der Waals surface area (Å²) in [7, 11) is 0. The number of aliphatic hydroxyl groups excluding tert-OH is 1. The summed E-state index contributed by atoms with van der Waals surface area (Å²) < 4.78 is 2.15. The molecule has 27 heavy (non-hydrogen) atoms. The second kappa shape index (κ2) is 6.20. The van der Waals surface area contributed by atoms with Crippen LogP contribution in [0.2, 0.25) is 0 Å². The molecular weight excluding hydrogens is 340 g/mol. The molecule has 140 valence electrons. The highest BCUT2D eigenvalue weighted by atomic mass is 16.3. The van der Waals surface area contributed by atoms with Gasteiger partial charge in [-0.05, 0) is 43.7 Å². The lowest BCUT2D eigenvalue weighted by Gasteiger charge is -2.36. The number of benzene rings is 1. The number of imidazole rings is 1. The molecule has 1 aliphatic carbocycles. The van der Waals surface area contributed by atoms with Crippen molar-refractivity contribution in [3.05, 3.63) is 42.4 Å². The molecule has 5 rings (SSSR count). The van der Waals surface area contributed by atoms with E-state index in [-0.39, 0.29) is 12.1 Å². The Labute approximate surface area is 157 Å². The van der Waals surface area contributed by atoms with Gasteiger partial charge in [0.05, 0.1) is 29.5 Å². The van der Waals surface area contributed by atoms with Crippen LogP contribution in [0.25, 0.3) is 11.0 Å². The minimum absolute atomic E-state index is 0.0580. The zero-order valence-electron chi connectivity index (χ0n) is 15.4. The predicted octanol–water partition coefficient (Wildman–Crippen LogP) is 2.17. The average Bonchev–Trinajstić information content (AvgIpc) is 3.27. The Kier molecular flexibility index (Phi) is 3.79.